The summed E-state index contributed by atoms with van der Waals surface area (Å²) in [5, 5.41) is 40.1. The Labute approximate surface area is 420 Å². The Morgan fingerprint density at radius 1 is 0.684 bits per heavy atom. The van der Waals surface area contributed by atoms with Crippen LogP contribution in [-0.2, 0) is 20.7 Å². The second-order valence-electron chi connectivity index (χ2n) is 16.3. The number of nitrogens with one attached hydrogen (secondary N) is 4. The molecule has 16 nitrogen and oxygen atoms in total. The number of methoxy groups -OCH3 is 2. The number of aliphatic hydroxyl groups is 2. The first kappa shape index (κ1) is 66.0. The third kappa shape index (κ3) is 15.5. The number of carbonyl (C=O) groups excluding carboxylic acids is 3. The summed E-state index contributed by atoms with van der Waals surface area (Å²) in [6.07, 6.45) is -14.6. The van der Waals surface area contributed by atoms with Crippen molar-refractivity contribution in [1.29, 1.82) is 0 Å². The normalized spacial score (nSPS) is 14.5. The number of phenolic OH excluding ortho intramolecular Hbond substituents is 1. The van der Waals surface area contributed by atoms with Crippen LogP contribution in [0.4, 0.5) is 79.4 Å². The molecule has 1 unspecified atom stereocenters. The Balaban J connectivity index is 1.95. The summed E-state index contributed by atoms with van der Waals surface area (Å²) in [6.45, 7) is -2.82. The molecule has 0 heterocycles. The number of halogens is 17. The van der Waals surface area contributed by atoms with Gasteiger partial charge in [-0.05, 0) is 73.9 Å². The van der Waals surface area contributed by atoms with Gasteiger partial charge >= 0.3 is 53.7 Å². The Morgan fingerprint density at radius 2 is 1.24 bits per heavy atom. The molecule has 0 aliphatic carbocycles. The smallest absolute Gasteiger partial charge is 0.460 e. The number of ether oxygens (including phenoxy) is 4. The van der Waals surface area contributed by atoms with Crippen LogP contribution in [-0.4, -0.2) is 153 Å². The van der Waals surface area contributed by atoms with Gasteiger partial charge in [-0.25, -0.2) is 4.79 Å². The predicted molar refractivity (Wildman–Crippen MR) is 231 cm³/mol. The number of aliphatic imine (C=N–C) groups is 1. The average Bonchev–Trinajstić information content (AvgIpc) is 3.34. The topological polar surface area (TPSA) is 235 Å². The zero-order chi connectivity index (χ0) is 58.3. The van der Waals surface area contributed by atoms with Gasteiger partial charge in [0, 0.05) is 33.1 Å². The zero-order valence-electron chi connectivity index (χ0n) is 40.0. The number of aromatic hydroxyl groups is 1. The minimum absolute atomic E-state index is 0.0159. The van der Waals surface area contributed by atoms with Gasteiger partial charge in [-0.15, -0.1) is 0 Å². The fourth-order valence-corrected chi connectivity index (χ4v) is 6.44. The molecule has 0 saturated heterocycles. The number of alkyl carbamates (subject to hydrolysis) is 1. The molecule has 33 heteroatoms. The number of hydrogen-bond acceptors (Lipinski definition) is 11. The van der Waals surface area contributed by atoms with Gasteiger partial charge in [-0.2, -0.15) is 74.6 Å². The third-order valence-corrected chi connectivity index (χ3v) is 11.0. The van der Waals surface area contributed by atoms with Crippen LogP contribution in [0.1, 0.15) is 62.2 Å². The molecule has 0 radical (unpaired) electrons. The quantitative estimate of drug-likeness (QED) is 0.0165. The highest BCUT2D eigenvalue weighted by Crippen LogP contribution is 2.64. The van der Waals surface area contributed by atoms with E-state index >= 15 is 0 Å². The monoisotopic (exact) mass is 1140 g/mol. The molecular formula is C43H53F17N6O10. The molecule has 0 spiro atoms. The summed E-state index contributed by atoms with van der Waals surface area (Å²) in [5.41, 5.74) is 6.40. The summed E-state index contributed by atoms with van der Waals surface area (Å²) in [7, 11) is 3.94. The van der Waals surface area contributed by atoms with Gasteiger partial charge < -0.3 is 61.3 Å². The van der Waals surface area contributed by atoms with E-state index in [0.717, 1.165) is 0 Å². The van der Waals surface area contributed by atoms with Crippen LogP contribution >= 0.6 is 0 Å². The third-order valence-electron chi connectivity index (χ3n) is 11.0. The molecule has 3 amide bonds. The molecule has 434 valence electrons. The van der Waals surface area contributed by atoms with Crippen molar-refractivity contribution in [2.75, 3.05) is 54.1 Å². The molecule has 0 fully saturated rings. The highest BCUT2D eigenvalue weighted by Gasteiger charge is 2.95. The van der Waals surface area contributed by atoms with E-state index in [1.54, 1.807) is 17.4 Å². The summed E-state index contributed by atoms with van der Waals surface area (Å²) in [5.74, 6) is -59.0. The van der Waals surface area contributed by atoms with Gasteiger partial charge in [0.15, 0.2) is 35.1 Å². The second kappa shape index (κ2) is 26.8. The Bertz CT molecular complexity index is 2260. The number of amides is 3. The first-order chi connectivity index (χ1) is 35.0. The Kier molecular flexibility index (Phi) is 23.2. The van der Waals surface area contributed by atoms with E-state index in [2.05, 4.69) is 25.7 Å². The highest BCUT2D eigenvalue weighted by atomic mass is 19.4. The number of aryl methyl sites for hydroxylation is 1. The first-order valence-corrected chi connectivity index (χ1v) is 22.1. The largest absolute Gasteiger partial charge is 0.504 e. The number of benzene rings is 2. The summed E-state index contributed by atoms with van der Waals surface area (Å²) in [6, 6.07) is 7.11. The number of aliphatic hydroxyl groups excluding tert-OH is 2. The lowest BCUT2D eigenvalue weighted by Gasteiger charge is -2.42. The number of guanidine groups is 1. The molecule has 76 heavy (non-hydrogen) atoms. The van der Waals surface area contributed by atoms with Crippen LogP contribution in [0.2, 0.25) is 0 Å². The van der Waals surface area contributed by atoms with Crippen molar-refractivity contribution in [3.8, 4) is 23.0 Å². The standard InChI is InChI=1S/C43H53F17N6O10/c1-62-34(61)65-18-7-8-25(66-35(72)75-19-15-36(44,45)37(46,47)38(48,49)39(50,51)40(52,53)41(54,55)42(56,57)43(58,59)60)33(71)64-17-6-4-5-16-63-31(69)14-10-23-9-13-27(29(20-23)74-3)76-30(22-67)32(70)24-11-12-26(68)28(21-24)73-2/h9,11-13,20-21,25,30,32,67-68,70H,4-8,10,14-19,22H2,1-3H3,(H,63,69)(H,64,71)(H,66,72)(H3,61,62,65)/t25?,30-,32+/m1/s1. The van der Waals surface area contributed by atoms with E-state index in [0.29, 0.717) is 18.4 Å². The fourth-order valence-electron chi connectivity index (χ4n) is 6.44. The maximum Gasteiger partial charge on any atom is 0.460 e. The van der Waals surface area contributed by atoms with Gasteiger partial charge in [0.25, 0.3) is 0 Å². The molecule has 9 N–H and O–H groups in total. The van der Waals surface area contributed by atoms with E-state index in [4.69, 9.17) is 19.9 Å². The lowest BCUT2D eigenvalue weighted by atomic mass is 9.88. The number of unbranched alkanes of at least 4 members (excludes halogenated alkanes) is 2. The minimum atomic E-state index is -8.79. The zero-order valence-corrected chi connectivity index (χ0v) is 40.0. The summed E-state index contributed by atoms with van der Waals surface area (Å²) in [4.78, 5) is 41.5. The highest BCUT2D eigenvalue weighted by molar-refractivity contribution is 5.85. The van der Waals surface area contributed by atoms with Crippen LogP contribution < -0.4 is 41.2 Å². The van der Waals surface area contributed by atoms with Gasteiger partial charge in [-0.3, -0.25) is 14.6 Å². The van der Waals surface area contributed by atoms with E-state index in [9.17, 15) is 104 Å². The van der Waals surface area contributed by atoms with Crippen LogP contribution in [0.15, 0.2) is 41.4 Å². The van der Waals surface area contributed by atoms with Crippen LogP contribution in [0.3, 0.4) is 0 Å². The molecular weight excluding hydrogens is 1080 g/mol. The molecule has 2 aromatic rings. The molecule has 0 aromatic heterocycles. The second-order valence-corrected chi connectivity index (χ2v) is 16.3. The molecule has 0 bridgehead atoms. The van der Waals surface area contributed by atoms with Crippen LogP contribution in [0.25, 0.3) is 0 Å². The van der Waals surface area contributed by atoms with Crippen molar-refractivity contribution in [1.82, 2.24) is 21.3 Å². The predicted octanol–water partition coefficient (Wildman–Crippen LogP) is 7.03. The van der Waals surface area contributed by atoms with Crippen molar-refractivity contribution < 1.29 is 123 Å². The summed E-state index contributed by atoms with van der Waals surface area (Å²) < 4.78 is 252. The number of nitrogens with two attached hydrogens (primary N) is 1. The maximum atomic E-state index is 14.3. The minimum Gasteiger partial charge on any atom is -0.504 e. The number of phenols is 1. The lowest BCUT2D eigenvalue weighted by Crippen LogP contribution is -2.74. The van der Waals surface area contributed by atoms with Crippen molar-refractivity contribution in [2.24, 2.45) is 10.7 Å². The molecule has 2 rings (SSSR count). The molecule has 3 atom stereocenters. The van der Waals surface area contributed by atoms with Gasteiger partial charge in [0.05, 0.1) is 33.9 Å². The van der Waals surface area contributed by atoms with E-state index in [-0.39, 0.29) is 92.2 Å². The maximum absolute atomic E-state index is 14.3. The molecule has 2 aromatic carbocycles. The van der Waals surface area contributed by atoms with Crippen molar-refractivity contribution >= 4 is 23.9 Å². The van der Waals surface area contributed by atoms with Gasteiger partial charge in [-0.1, -0.05) is 12.1 Å². The van der Waals surface area contributed by atoms with Crippen molar-refractivity contribution in [3.63, 3.8) is 0 Å². The number of carbonyl (C=O) groups is 3. The average molecular weight is 1140 g/mol. The van der Waals surface area contributed by atoms with Crippen LogP contribution in [0.5, 0.6) is 23.0 Å². The summed E-state index contributed by atoms with van der Waals surface area (Å²) >= 11 is 0. The van der Waals surface area contributed by atoms with E-state index in [1.807, 2.05) is 0 Å². The number of alkyl halides is 17. The van der Waals surface area contributed by atoms with Gasteiger partial charge in [0.2, 0.25) is 11.8 Å². The van der Waals surface area contributed by atoms with E-state index < -0.39 is 97.5 Å². The molecule has 0 aliphatic rings. The Morgan fingerprint density at radius 3 is 1.79 bits per heavy atom. The van der Waals surface area contributed by atoms with Gasteiger partial charge in [0.1, 0.15) is 12.1 Å². The van der Waals surface area contributed by atoms with Crippen molar-refractivity contribution in [3.05, 3.63) is 47.5 Å². The SMILES string of the molecule is CN=C(N)NCCCC(NC(=O)OCCC(F)(F)C(F)(F)C(F)(F)C(F)(F)C(F)(F)C(F)(F)C(F)(F)C(F)(F)F)C(=O)NCCCCCNC(=O)CCc1ccc(O[C@H](CO)[C@@H](O)c2ccc(O)c(OC)c2)c(OC)c1. The fraction of sp³-hybridized carbons (Fsp3) is 0.628. The van der Waals surface area contributed by atoms with E-state index in [1.165, 1.54) is 45.5 Å². The van der Waals surface area contributed by atoms with Crippen molar-refractivity contribution in [2.45, 2.75) is 117 Å². The number of nitrogens with zero attached hydrogens (tertiary/aromatic N) is 1. The number of hydrogen-bond donors (Lipinski definition) is 8. The lowest BCUT2D eigenvalue weighted by molar-refractivity contribution is -0.461. The van der Waals surface area contributed by atoms with Crippen LogP contribution in [0, 0.1) is 0 Å². The molecule has 0 aliphatic heterocycles. The molecule has 0 saturated carbocycles. The number of rotatable bonds is 31. The Hall–Kier alpha value is -6.15. The first-order valence-electron chi connectivity index (χ1n) is 22.1.